The molecule has 1 aromatic carbocycles. The molecule has 41 heavy (non-hydrogen) atoms. The Morgan fingerprint density at radius 1 is 1.00 bits per heavy atom. The maximum Gasteiger partial charge on any atom is 0.0210 e. The van der Waals surface area contributed by atoms with Gasteiger partial charge in [0.25, 0.3) is 0 Å². The third-order valence-electron chi connectivity index (χ3n) is 8.84. The van der Waals surface area contributed by atoms with Gasteiger partial charge in [0.2, 0.25) is 0 Å². The smallest absolute Gasteiger partial charge is 0.0210 e. The van der Waals surface area contributed by atoms with E-state index >= 15 is 0 Å². The number of benzene rings is 1. The van der Waals surface area contributed by atoms with Crippen molar-refractivity contribution in [2.75, 3.05) is 6.54 Å². The van der Waals surface area contributed by atoms with Gasteiger partial charge in [0.05, 0.1) is 0 Å². The zero-order chi connectivity index (χ0) is 28.4. The van der Waals surface area contributed by atoms with Crippen LogP contribution in [0.5, 0.6) is 0 Å². The van der Waals surface area contributed by atoms with Crippen LogP contribution in [0, 0.1) is 5.92 Å². The Balaban J connectivity index is 1.47. The van der Waals surface area contributed by atoms with Crippen molar-refractivity contribution in [3.8, 4) is 0 Å². The molecule has 0 fully saturated rings. The highest BCUT2D eigenvalue weighted by Gasteiger charge is 2.21. The van der Waals surface area contributed by atoms with Gasteiger partial charge in [-0.05, 0) is 101 Å². The molecule has 1 aliphatic heterocycles. The molecular weight excluding hydrogens is 494 g/mol. The molecule has 0 amide bonds. The highest BCUT2D eigenvalue weighted by molar-refractivity contribution is 5.76. The monoisotopic (exact) mass is 539 g/mol. The zero-order valence-electron chi connectivity index (χ0n) is 24.8. The van der Waals surface area contributed by atoms with Crippen LogP contribution in [0.15, 0.2) is 144 Å². The fraction of sp³-hybridized carbons (Fsp3) is 0.300. The van der Waals surface area contributed by atoms with Crippen molar-refractivity contribution in [2.24, 2.45) is 5.92 Å². The second kappa shape index (κ2) is 14.2. The van der Waals surface area contributed by atoms with Gasteiger partial charge in [0, 0.05) is 12.5 Å². The molecule has 0 radical (unpaired) electrons. The van der Waals surface area contributed by atoms with E-state index in [1.54, 1.807) is 5.57 Å². The van der Waals surface area contributed by atoms with E-state index in [-0.39, 0.29) is 0 Å². The molecule has 1 nitrogen and oxygen atoms in total. The van der Waals surface area contributed by atoms with E-state index in [0.29, 0.717) is 5.92 Å². The molecule has 1 heteroatoms. The van der Waals surface area contributed by atoms with Gasteiger partial charge in [-0.2, -0.15) is 0 Å². The quantitative estimate of drug-likeness (QED) is 0.231. The second-order valence-corrected chi connectivity index (χ2v) is 11.5. The molecule has 5 rings (SSSR count). The van der Waals surface area contributed by atoms with Crippen LogP contribution in [0.1, 0.15) is 64.7 Å². The van der Waals surface area contributed by atoms with Crippen molar-refractivity contribution in [3.63, 3.8) is 0 Å². The summed E-state index contributed by atoms with van der Waals surface area (Å²) in [4.78, 5) is 0. The van der Waals surface area contributed by atoms with E-state index in [1.807, 2.05) is 6.08 Å². The first-order chi connectivity index (χ1) is 20.2. The minimum absolute atomic E-state index is 0.638. The lowest BCUT2D eigenvalue weighted by atomic mass is 9.81. The summed E-state index contributed by atoms with van der Waals surface area (Å²) in [7, 11) is 0. The summed E-state index contributed by atoms with van der Waals surface area (Å²) >= 11 is 0. The van der Waals surface area contributed by atoms with Crippen molar-refractivity contribution < 1.29 is 0 Å². The maximum atomic E-state index is 4.59. The predicted octanol–water partition coefficient (Wildman–Crippen LogP) is 8.78. The third kappa shape index (κ3) is 6.91. The first-order valence-corrected chi connectivity index (χ1v) is 15.6. The number of hydrogen-bond acceptors (Lipinski definition) is 1. The lowest BCUT2D eigenvalue weighted by Crippen LogP contribution is -2.33. The zero-order valence-corrected chi connectivity index (χ0v) is 24.8. The first-order valence-electron chi connectivity index (χ1n) is 15.6. The molecule has 1 atom stereocenters. The lowest BCUT2D eigenvalue weighted by Gasteiger charge is -2.26. The van der Waals surface area contributed by atoms with Crippen molar-refractivity contribution >= 4 is 11.1 Å². The Morgan fingerprint density at radius 2 is 1.88 bits per heavy atom. The van der Waals surface area contributed by atoms with Gasteiger partial charge < -0.3 is 5.32 Å². The molecular formula is C40H45N. The van der Waals surface area contributed by atoms with Crippen LogP contribution in [0.25, 0.3) is 11.1 Å². The van der Waals surface area contributed by atoms with Crippen LogP contribution < -0.4 is 15.8 Å². The Hall–Kier alpha value is -3.84. The van der Waals surface area contributed by atoms with E-state index in [4.69, 9.17) is 0 Å². The van der Waals surface area contributed by atoms with Crippen molar-refractivity contribution in [2.45, 2.75) is 64.7 Å². The summed E-state index contributed by atoms with van der Waals surface area (Å²) < 4.78 is 0. The minimum atomic E-state index is 0.638. The van der Waals surface area contributed by atoms with Gasteiger partial charge >= 0.3 is 0 Å². The molecule has 4 aliphatic rings. The highest BCUT2D eigenvalue weighted by atomic mass is 14.8. The SMILES string of the molecule is C=CC(=C\CCCC)/C(/C=C\C(=C)C1=c2ccccc2=C(C2=CC=C(C3CC=CNC3)CC2)CC1)=C1\C=CC=CC1. The van der Waals surface area contributed by atoms with E-state index in [1.165, 1.54) is 63.1 Å². The van der Waals surface area contributed by atoms with E-state index in [0.717, 1.165) is 50.6 Å². The largest absolute Gasteiger partial charge is 0.391 e. The first kappa shape index (κ1) is 28.7. The van der Waals surface area contributed by atoms with Gasteiger partial charge in [0.1, 0.15) is 0 Å². The maximum absolute atomic E-state index is 4.59. The van der Waals surface area contributed by atoms with Crippen molar-refractivity contribution in [3.05, 3.63) is 154 Å². The average molecular weight is 540 g/mol. The van der Waals surface area contributed by atoms with Gasteiger partial charge in [-0.1, -0.05) is 130 Å². The summed E-state index contributed by atoms with van der Waals surface area (Å²) in [6, 6.07) is 8.97. The van der Waals surface area contributed by atoms with E-state index in [9.17, 15) is 0 Å². The van der Waals surface area contributed by atoms with Crippen molar-refractivity contribution in [1.29, 1.82) is 0 Å². The Kier molecular flexibility index (Phi) is 9.91. The standard InChI is InChI=1S/C40H45N/c1-4-6-8-14-31(5-2)37(33-15-9-7-10-16-33)25-20-30(3)36-26-27-38(40-19-12-11-18-39(36)40)34-23-21-32(22-24-34)35-17-13-28-41-29-35/h5,7,9-15,18-21,23,25,28,35,41H,2-4,6,8,16-17,22,24,26-27,29H2,1H3/b25-20-,31-14+,37-33+. The van der Waals surface area contributed by atoms with Crippen LogP contribution in [-0.2, 0) is 0 Å². The topological polar surface area (TPSA) is 12.0 Å². The molecule has 210 valence electrons. The average Bonchev–Trinajstić information content (AvgIpc) is 3.04. The van der Waals surface area contributed by atoms with Crippen LogP contribution in [-0.4, -0.2) is 6.54 Å². The summed E-state index contributed by atoms with van der Waals surface area (Å²) in [5.74, 6) is 0.638. The van der Waals surface area contributed by atoms with Gasteiger partial charge in [-0.3, -0.25) is 0 Å². The van der Waals surface area contributed by atoms with Crippen LogP contribution in [0.4, 0.5) is 0 Å². The molecule has 0 aromatic heterocycles. The molecule has 1 aromatic rings. The van der Waals surface area contributed by atoms with Gasteiger partial charge in [-0.25, -0.2) is 0 Å². The Morgan fingerprint density at radius 3 is 2.59 bits per heavy atom. The van der Waals surface area contributed by atoms with Gasteiger partial charge in [-0.15, -0.1) is 0 Å². The van der Waals surface area contributed by atoms with Crippen LogP contribution in [0.2, 0.25) is 0 Å². The lowest BCUT2D eigenvalue weighted by molar-refractivity contribution is 0.544. The summed E-state index contributed by atoms with van der Waals surface area (Å²) in [5, 5.41) is 6.14. The molecule has 0 saturated heterocycles. The molecule has 1 unspecified atom stereocenters. The normalized spacial score (nSPS) is 21.8. The minimum Gasteiger partial charge on any atom is -0.391 e. The fourth-order valence-electron chi connectivity index (χ4n) is 6.48. The van der Waals surface area contributed by atoms with Gasteiger partial charge in [0.15, 0.2) is 0 Å². The second-order valence-electron chi connectivity index (χ2n) is 11.5. The number of hydrogen-bond donors (Lipinski definition) is 1. The molecule has 1 N–H and O–H groups in total. The number of unbranched alkanes of at least 4 members (excludes halogenated alkanes) is 2. The number of fused-ring (bicyclic) bond motifs is 1. The van der Waals surface area contributed by atoms with E-state index in [2.05, 4.69) is 117 Å². The summed E-state index contributed by atoms with van der Waals surface area (Å²) in [5.41, 5.74) is 10.9. The predicted molar refractivity (Wildman–Crippen MR) is 178 cm³/mol. The Labute approximate surface area is 247 Å². The fourth-order valence-corrected chi connectivity index (χ4v) is 6.48. The van der Waals surface area contributed by atoms with Crippen LogP contribution >= 0.6 is 0 Å². The van der Waals surface area contributed by atoms with Crippen molar-refractivity contribution in [1.82, 2.24) is 5.32 Å². The third-order valence-corrected chi connectivity index (χ3v) is 8.84. The molecule has 3 aliphatic carbocycles. The molecule has 0 bridgehead atoms. The number of rotatable bonds is 10. The Bertz CT molecular complexity index is 1540. The highest BCUT2D eigenvalue weighted by Crippen LogP contribution is 2.34. The van der Waals surface area contributed by atoms with E-state index < -0.39 is 0 Å². The summed E-state index contributed by atoms with van der Waals surface area (Å²) in [6.07, 6.45) is 36.8. The number of nitrogens with one attached hydrogen (secondary N) is 1. The number of allylic oxidation sites excluding steroid dienone is 16. The molecule has 0 spiro atoms. The molecule has 1 heterocycles. The molecule has 0 saturated carbocycles. The van der Waals surface area contributed by atoms with Crippen LogP contribution in [0.3, 0.4) is 0 Å². The summed E-state index contributed by atoms with van der Waals surface area (Å²) in [6.45, 7) is 12.1.